The molecule has 3 rings (SSSR count). The molecule has 0 bridgehead atoms. The average Bonchev–Trinajstić information content (AvgIpc) is 2.95. The van der Waals surface area contributed by atoms with Crippen LogP contribution < -0.4 is 10.2 Å². The second-order valence-corrected chi connectivity index (χ2v) is 5.84. The van der Waals surface area contributed by atoms with E-state index in [2.05, 4.69) is 34.5 Å². The summed E-state index contributed by atoms with van der Waals surface area (Å²) in [6, 6.07) is 16.3. The summed E-state index contributed by atoms with van der Waals surface area (Å²) in [6.07, 6.45) is 2.10. The first-order valence-electron chi connectivity index (χ1n) is 7.92. The minimum absolute atomic E-state index is 0.0156. The Morgan fingerprint density at radius 3 is 2.73 bits per heavy atom. The smallest absolute Gasteiger partial charge is 0.251 e. The zero-order valence-corrected chi connectivity index (χ0v) is 13.0. The van der Waals surface area contributed by atoms with Crippen LogP contribution in [0.5, 0.6) is 0 Å². The third-order valence-corrected chi connectivity index (χ3v) is 4.19. The molecule has 1 N–H and O–H groups in total. The largest absolute Gasteiger partial charge is 0.371 e. The number of amides is 1. The summed E-state index contributed by atoms with van der Waals surface area (Å²) in [5, 5.41) is 3.00. The molecule has 2 aromatic rings. The molecular formula is C19H22N2O. The summed E-state index contributed by atoms with van der Waals surface area (Å²) in [5.74, 6) is 0.0156. The summed E-state index contributed by atoms with van der Waals surface area (Å²) in [7, 11) is 0. The molecule has 2 aromatic carbocycles. The van der Waals surface area contributed by atoms with Gasteiger partial charge in [0, 0.05) is 30.9 Å². The summed E-state index contributed by atoms with van der Waals surface area (Å²) in [5.41, 5.74) is 4.69. The molecule has 1 aliphatic rings. The van der Waals surface area contributed by atoms with Gasteiger partial charge < -0.3 is 10.2 Å². The molecule has 3 heteroatoms. The van der Waals surface area contributed by atoms with E-state index in [9.17, 15) is 4.79 Å². The van der Waals surface area contributed by atoms with Gasteiger partial charge in [0.2, 0.25) is 0 Å². The molecule has 0 aromatic heterocycles. The summed E-state index contributed by atoms with van der Waals surface area (Å²) in [6.45, 7) is 4.82. The van der Waals surface area contributed by atoms with E-state index in [0.29, 0.717) is 6.54 Å². The highest BCUT2D eigenvalue weighted by molar-refractivity contribution is 5.94. The topological polar surface area (TPSA) is 32.3 Å². The number of nitrogens with zero attached hydrogens (tertiary/aromatic N) is 1. The van der Waals surface area contributed by atoms with Crippen molar-refractivity contribution in [2.45, 2.75) is 19.8 Å². The second kappa shape index (κ2) is 6.65. The first-order chi connectivity index (χ1) is 10.7. The van der Waals surface area contributed by atoms with Crippen molar-refractivity contribution < 1.29 is 4.79 Å². The van der Waals surface area contributed by atoms with Crippen LogP contribution >= 0.6 is 0 Å². The molecule has 3 nitrogen and oxygen atoms in total. The lowest BCUT2D eigenvalue weighted by molar-refractivity contribution is 0.0953. The fourth-order valence-corrected chi connectivity index (χ4v) is 2.92. The first kappa shape index (κ1) is 14.6. The highest BCUT2D eigenvalue weighted by atomic mass is 16.1. The number of nitrogens with one attached hydrogen (secondary N) is 1. The highest BCUT2D eigenvalue weighted by Crippen LogP contribution is 2.27. The Labute approximate surface area is 132 Å². The molecule has 0 radical (unpaired) electrons. The molecule has 0 fully saturated rings. The molecule has 0 aliphatic carbocycles. The van der Waals surface area contributed by atoms with Gasteiger partial charge in [-0.25, -0.2) is 0 Å². The van der Waals surface area contributed by atoms with Crippen LogP contribution in [0.2, 0.25) is 0 Å². The lowest BCUT2D eigenvalue weighted by atomic mass is 10.1. The number of fused-ring (bicyclic) bond motifs is 1. The monoisotopic (exact) mass is 294 g/mol. The van der Waals surface area contributed by atoms with Crippen molar-refractivity contribution in [3.8, 4) is 0 Å². The molecule has 0 saturated carbocycles. The van der Waals surface area contributed by atoms with Crippen molar-refractivity contribution >= 4 is 11.6 Å². The average molecular weight is 294 g/mol. The van der Waals surface area contributed by atoms with Crippen LogP contribution in [-0.4, -0.2) is 25.5 Å². The van der Waals surface area contributed by atoms with Crippen LogP contribution in [0.1, 0.15) is 27.9 Å². The van der Waals surface area contributed by atoms with Crippen molar-refractivity contribution in [3.05, 3.63) is 65.2 Å². The molecule has 0 saturated heterocycles. The Kier molecular flexibility index (Phi) is 4.42. The number of hydrogen-bond acceptors (Lipinski definition) is 2. The molecule has 1 aliphatic heterocycles. The molecule has 1 heterocycles. The summed E-state index contributed by atoms with van der Waals surface area (Å²) >= 11 is 0. The third-order valence-electron chi connectivity index (χ3n) is 4.19. The van der Waals surface area contributed by atoms with Gasteiger partial charge >= 0.3 is 0 Å². The molecule has 1 amide bonds. The van der Waals surface area contributed by atoms with Crippen LogP contribution in [-0.2, 0) is 6.42 Å². The molecule has 0 atom stereocenters. The fraction of sp³-hybridized carbons (Fsp3) is 0.316. The first-order valence-corrected chi connectivity index (χ1v) is 7.92. The SMILES string of the molecule is Cc1ccc(C(=O)NCCCN2CCc3ccccc32)cc1. The lowest BCUT2D eigenvalue weighted by Gasteiger charge is -2.19. The van der Waals surface area contributed by atoms with Gasteiger partial charge in [-0.3, -0.25) is 4.79 Å². The van der Waals surface area contributed by atoms with Crippen molar-refractivity contribution in [1.29, 1.82) is 0 Å². The molecular weight excluding hydrogens is 272 g/mol. The van der Waals surface area contributed by atoms with E-state index in [4.69, 9.17) is 0 Å². The minimum atomic E-state index is 0.0156. The number of carbonyl (C=O) groups excluding carboxylic acids is 1. The fourth-order valence-electron chi connectivity index (χ4n) is 2.92. The number of carbonyl (C=O) groups is 1. The van der Waals surface area contributed by atoms with Gasteiger partial charge in [-0.2, -0.15) is 0 Å². The van der Waals surface area contributed by atoms with E-state index in [1.807, 2.05) is 31.2 Å². The number of hydrogen-bond donors (Lipinski definition) is 1. The van der Waals surface area contributed by atoms with Crippen molar-refractivity contribution in [2.24, 2.45) is 0 Å². The van der Waals surface area contributed by atoms with E-state index in [0.717, 1.165) is 31.5 Å². The number of benzene rings is 2. The van der Waals surface area contributed by atoms with E-state index in [1.54, 1.807) is 0 Å². The van der Waals surface area contributed by atoms with Crippen molar-refractivity contribution in [3.63, 3.8) is 0 Å². The summed E-state index contributed by atoms with van der Waals surface area (Å²) in [4.78, 5) is 14.4. The maximum absolute atomic E-state index is 12.0. The van der Waals surface area contributed by atoms with E-state index in [-0.39, 0.29) is 5.91 Å². The second-order valence-electron chi connectivity index (χ2n) is 5.84. The number of anilines is 1. The van der Waals surface area contributed by atoms with Gasteiger partial charge in [-0.1, -0.05) is 35.9 Å². The predicted octanol–water partition coefficient (Wildman–Crippen LogP) is 3.18. The summed E-state index contributed by atoms with van der Waals surface area (Å²) < 4.78 is 0. The zero-order valence-electron chi connectivity index (χ0n) is 13.0. The lowest BCUT2D eigenvalue weighted by Crippen LogP contribution is -2.29. The van der Waals surface area contributed by atoms with E-state index in [1.165, 1.54) is 16.8 Å². The quantitative estimate of drug-likeness (QED) is 0.859. The van der Waals surface area contributed by atoms with Crippen molar-refractivity contribution in [2.75, 3.05) is 24.5 Å². The van der Waals surface area contributed by atoms with Crippen LogP contribution in [0.25, 0.3) is 0 Å². The Hall–Kier alpha value is -2.29. The normalized spacial score (nSPS) is 13.0. The number of rotatable bonds is 5. The van der Waals surface area contributed by atoms with Gasteiger partial charge in [0.15, 0.2) is 0 Å². The van der Waals surface area contributed by atoms with Crippen LogP contribution in [0, 0.1) is 6.92 Å². The van der Waals surface area contributed by atoms with Gasteiger partial charge in [0.05, 0.1) is 0 Å². The zero-order chi connectivity index (χ0) is 15.4. The molecule has 0 unspecified atom stereocenters. The number of para-hydroxylation sites is 1. The highest BCUT2D eigenvalue weighted by Gasteiger charge is 2.17. The number of aryl methyl sites for hydroxylation is 1. The molecule has 114 valence electrons. The van der Waals surface area contributed by atoms with Crippen molar-refractivity contribution in [1.82, 2.24) is 5.32 Å². The van der Waals surface area contributed by atoms with Gasteiger partial charge in [-0.15, -0.1) is 0 Å². The molecule has 0 spiro atoms. The Bertz CT molecular complexity index is 649. The minimum Gasteiger partial charge on any atom is -0.371 e. The van der Waals surface area contributed by atoms with Crippen LogP contribution in [0.4, 0.5) is 5.69 Å². The maximum Gasteiger partial charge on any atom is 0.251 e. The maximum atomic E-state index is 12.0. The van der Waals surface area contributed by atoms with Gasteiger partial charge in [0.1, 0.15) is 0 Å². The Morgan fingerprint density at radius 1 is 1.14 bits per heavy atom. The Balaban J connectivity index is 1.45. The van der Waals surface area contributed by atoms with Crippen LogP contribution in [0.15, 0.2) is 48.5 Å². The van der Waals surface area contributed by atoms with Crippen LogP contribution in [0.3, 0.4) is 0 Å². The van der Waals surface area contributed by atoms with E-state index < -0.39 is 0 Å². The molecule has 22 heavy (non-hydrogen) atoms. The predicted molar refractivity (Wildman–Crippen MR) is 90.5 cm³/mol. The van der Waals surface area contributed by atoms with E-state index >= 15 is 0 Å². The third kappa shape index (κ3) is 3.30. The Morgan fingerprint density at radius 2 is 1.91 bits per heavy atom. The van der Waals surface area contributed by atoms with Gasteiger partial charge in [-0.05, 0) is 43.5 Å². The van der Waals surface area contributed by atoms with Gasteiger partial charge in [0.25, 0.3) is 5.91 Å². The standard InChI is InChI=1S/C19H22N2O/c1-15-7-9-17(10-8-15)19(22)20-12-4-13-21-14-11-16-5-2-3-6-18(16)21/h2-3,5-10H,4,11-14H2,1H3,(H,20,22).